The molecule has 0 aliphatic rings. The van der Waals surface area contributed by atoms with Crippen LogP contribution in [0.5, 0.6) is 0 Å². The first-order valence-corrected chi connectivity index (χ1v) is 5.26. The number of carboxylic acid groups (broad SMARTS) is 1. The zero-order valence-electron chi connectivity index (χ0n) is 9.69. The zero-order chi connectivity index (χ0) is 13.0. The predicted molar refractivity (Wildman–Crippen MR) is 60.9 cm³/mol. The summed E-state index contributed by atoms with van der Waals surface area (Å²) in [7, 11) is 0. The van der Waals surface area contributed by atoms with Crippen LogP contribution in [0.3, 0.4) is 0 Å². The number of rotatable bonds is 7. The molecule has 0 aromatic rings. The van der Waals surface area contributed by atoms with Crippen molar-refractivity contribution in [3.05, 3.63) is 0 Å². The van der Waals surface area contributed by atoms with E-state index in [0.29, 0.717) is 6.54 Å². The Balaban J connectivity index is 0. The van der Waals surface area contributed by atoms with Crippen molar-refractivity contribution in [2.75, 3.05) is 13.2 Å². The third kappa shape index (κ3) is 15.5. The second-order valence-corrected chi connectivity index (χ2v) is 3.42. The summed E-state index contributed by atoms with van der Waals surface area (Å²) in [5.41, 5.74) is 11.0. The lowest BCUT2D eigenvalue weighted by atomic mass is 10.1. The molecule has 1 unspecified atom stereocenters. The summed E-state index contributed by atoms with van der Waals surface area (Å²) in [6, 6.07) is 0.232. The minimum Gasteiger partial charge on any atom is -0.476 e. The highest BCUT2D eigenvalue weighted by atomic mass is 16.4. The van der Waals surface area contributed by atoms with Crippen LogP contribution in [0.15, 0.2) is 0 Å². The minimum atomic E-state index is -1.38. The fourth-order valence-electron chi connectivity index (χ4n) is 0.878. The summed E-state index contributed by atoms with van der Waals surface area (Å²) in [5.74, 6) is -2.20. The molecule has 0 heterocycles. The lowest BCUT2D eigenvalue weighted by Gasteiger charge is -2.08. The molecule has 6 heteroatoms. The van der Waals surface area contributed by atoms with Crippen LogP contribution < -0.4 is 11.5 Å². The van der Waals surface area contributed by atoms with Crippen LogP contribution in [-0.4, -0.2) is 41.2 Å². The summed E-state index contributed by atoms with van der Waals surface area (Å²) in [6.07, 6.45) is 3.70. The quantitative estimate of drug-likeness (QED) is 0.439. The molecule has 0 saturated heterocycles. The Morgan fingerprint density at radius 3 is 2.00 bits per heavy atom. The van der Waals surface area contributed by atoms with E-state index < -0.39 is 11.8 Å². The van der Waals surface area contributed by atoms with Gasteiger partial charge in [0.15, 0.2) is 0 Å². The number of carboxylic acids is 1. The lowest BCUT2D eigenvalue weighted by Crippen LogP contribution is -2.21. The molecule has 0 amide bonds. The molecule has 0 radical (unpaired) electrons. The third-order valence-corrected chi connectivity index (χ3v) is 1.81. The number of ketones is 1. The van der Waals surface area contributed by atoms with Crippen molar-refractivity contribution in [3.63, 3.8) is 0 Å². The monoisotopic (exact) mass is 234 g/mol. The van der Waals surface area contributed by atoms with Gasteiger partial charge in [0, 0.05) is 19.6 Å². The van der Waals surface area contributed by atoms with E-state index in [2.05, 4.69) is 0 Å². The van der Waals surface area contributed by atoms with Gasteiger partial charge in [0.1, 0.15) is 0 Å². The van der Waals surface area contributed by atoms with Gasteiger partial charge in [-0.3, -0.25) is 4.79 Å². The first kappa shape index (κ1) is 17.4. The van der Waals surface area contributed by atoms with Crippen LogP contribution in [0.1, 0.15) is 32.6 Å². The van der Waals surface area contributed by atoms with E-state index in [1.54, 1.807) is 0 Å². The van der Waals surface area contributed by atoms with Crippen molar-refractivity contribution < 1.29 is 19.8 Å². The Morgan fingerprint density at radius 1 is 1.25 bits per heavy atom. The van der Waals surface area contributed by atoms with E-state index >= 15 is 0 Å². The van der Waals surface area contributed by atoms with Crippen molar-refractivity contribution in [1.82, 2.24) is 0 Å². The van der Waals surface area contributed by atoms with Gasteiger partial charge in [-0.25, -0.2) is 4.79 Å². The van der Waals surface area contributed by atoms with E-state index in [9.17, 15) is 9.59 Å². The van der Waals surface area contributed by atoms with Crippen molar-refractivity contribution in [2.45, 2.75) is 38.6 Å². The van der Waals surface area contributed by atoms with Gasteiger partial charge < -0.3 is 21.7 Å². The van der Waals surface area contributed by atoms with Crippen LogP contribution >= 0.6 is 0 Å². The number of hydrogen-bond acceptors (Lipinski definition) is 5. The number of carbonyl (C=O) groups excluding carboxylic acids is 1. The van der Waals surface area contributed by atoms with E-state index in [-0.39, 0.29) is 12.6 Å². The number of hydrogen-bond donors (Lipinski definition) is 4. The van der Waals surface area contributed by atoms with Gasteiger partial charge in [-0.05, 0) is 32.2 Å². The van der Waals surface area contributed by atoms with Crippen LogP contribution in [0.25, 0.3) is 0 Å². The van der Waals surface area contributed by atoms with Crippen molar-refractivity contribution in [2.24, 2.45) is 11.5 Å². The minimum absolute atomic E-state index is 0.232. The van der Waals surface area contributed by atoms with Gasteiger partial charge in [0.05, 0.1) is 0 Å². The highest BCUT2D eigenvalue weighted by Gasteiger charge is 1.99. The second kappa shape index (κ2) is 12.1. The molecular weight excluding hydrogens is 212 g/mol. The van der Waals surface area contributed by atoms with Crippen LogP contribution in [0, 0.1) is 0 Å². The maximum absolute atomic E-state index is 9.54. The number of aliphatic hydroxyl groups is 1. The number of Topliss-reactive ketones (excluding diaryl/α,β-unsaturated/α-hetero) is 1. The van der Waals surface area contributed by atoms with E-state index in [1.165, 1.54) is 0 Å². The standard InChI is InChI=1S/C7H18N2O.C3H4O3/c8-5-1-3-7(9)4-2-6-10;1-2(4)3(5)6/h7,10H,1-6,8-9H2;1H3,(H,5,6). The molecule has 0 spiro atoms. The zero-order valence-corrected chi connectivity index (χ0v) is 9.69. The van der Waals surface area contributed by atoms with Crippen molar-refractivity contribution >= 4 is 11.8 Å². The molecule has 6 N–H and O–H groups in total. The molecule has 0 saturated carbocycles. The average molecular weight is 234 g/mol. The van der Waals surface area contributed by atoms with Gasteiger partial charge in [-0.15, -0.1) is 0 Å². The molecule has 1 atom stereocenters. The topological polar surface area (TPSA) is 127 Å². The van der Waals surface area contributed by atoms with Gasteiger partial charge >= 0.3 is 5.97 Å². The molecule has 0 aromatic carbocycles. The number of aliphatic hydroxyl groups excluding tert-OH is 1. The highest BCUT2D eigenvalue weighted by molar-refractivity contribution is 6.31. The SMILES string of the molecule is CC(=O)C(=O)O.NCCCC(N)CCCO. The molecule has 0 fully saturated rings. The fourth-order valence-corrected chi connectivity index (χ4v) is 0.878. The van der Waals surface area contributed by atoms with E-state index in [0.717, 1.165) is 32.6 Å². The van der Waals surface area contributed by atoms with Gasteiger partial charge in [-0.1, -0.05) is 0 Å². The molecule has 0 aliphatic carbocycles. The third-order valence-electron chi connectivity index (χ3n) is 1.81. The second-order valence-electron chi connectivity index (χ2n) is 3.42. The fraction of sp³-hybridized carbons (Fsp3) is 0.800. The highest BCUT2D eigenvalue weighted by Crippen LogP contribution is 2.00. The van der Waals surface area contributed by atoms with Crippen LogP contribution in [0.4, 0.5) is 0 Å². The van der Waals surface area contributed by atoms with Gasteiger partial charge in [0.25, 0.3) is 0 Å². The molecular formula is C10H22N2O4. The van der Waals surface area contributed by atoms with Crippen molar-refractivity contribution in [1.29, 1.82) is 0 Å². The molecule has 96 valence electrons. The molecule has 0 rings (SSSR count). The Bertz CT molecular complexity index is 177. The molecule has 6 nitrogen and oxygen atoms in total. The Hall–Kier alpha value is -0.980. The van der Waals surface area contributed by atoms with E-state index in [1.807, 2.05) is 0 Å². The first-order chi connectivity index (χ1) is 7.45. The number of aliphatic carboxylic acids is 1. The average Bonchev–Trinajstić information content (AvgIpc) is 2.24. The largest absolute Gasteiger partial charge is 0.476 e. The molecule has 0 bridgehead atoms. The smallest absolute Gasteiger partial charge is 0.371 e. The van der Waals surface area contributed by atoms with Gasteiger partial charge in [0.2, 0.25) is 5.78 Å². The maximum atomic E-state index is 9.54. The van der Waals surface area contributed by atoms with Crippen molar-refractivity contribution in [3.8, 4) is 0 Å². The predicted octanol–water partition coefficient (Wildman–Crippen LogP) is -0.515. The first-order valence-electron chi connectivity index (χ1n) is 5.26. The summed E-state index contributed by atoms with van der Waals surface area (Å²) in [5, 5.41) is 16.1. The summed E-state index contributed by atoms with van der Waals surface area (Å²) in [4.78, 5) is 18.9. The number of carbonyl (C=O) groups is 2. The molecule has 0 aliphatic heterocycles. The Labute approximate surface area is 95.6 Å². The number of nitrogens with two attached hydrogens (primary N) is 2. The van der Waals surface area contributed by atoms with Gasteiger partial charge in [-0.2, -0.15) is 0 Å². The summed E-state index contributed by atoms with van der Waals surface area (Å²) < 4.78 is 0. The summed E-state index contributed by atoms with van der Waals surface area (Å²) in [6.45, 7) is 1.96. The Kier molecular flexibility index (Phi) is 13.2. The van der Waals surface area contributed by atoms with E-state index in [4.69, 9.17) is 21.7 Å². The molecule has 0 aromatic heterocycles. The van der Waals surface area contributed by atoms with Crippen LogP contribution in [-0.2, 0) is 9.59 Å². The van der Waals surface area contributed by atoms with Crippen LogP contribution in [0.2, 0.25) is 0 Å². The Morgan fingerprint density at radius 2 is 1.69 bits per heavy atom. The molecule has 16 heavy (non-hydrogen) atoms. The normalized spacial score (nSPS) is 11.2. The summed E-state index contributed by atoms with van der Waals surface area (Å²) >= 11 is 0. The maximum Gasteiger partial charge on any atom is 0.371 e. The lowest BCUT2D eigenvalue weighted by molar-refractivity contribution is -0.148.